The molecule has 2 fully saturated rings. The zero-order chi connectivity index (χ0) is 60.2. The molecule has 4 bridgehead atoms. The fourth-order valence-electron chi connectivity index (χ4n) is 9.99. The zero-order valence-electron chi connectivity index (χ0n) is 47.0. The van der Waals surface area contributed by atoms with Gasteiger partial charge in [-0.3, -0.25) is 34.7 Å². The molecule has 0 radical (unpaired) electrons. The molecule has 82 heavy (non-hydrogen) atoms. The lowest BCUT2D eigenvalue weighted by Gasteiger charge is -2.42. The van der Waals surface area contributed by atoms with Crippen LogP contribution in [0.3, 0.4) is 0 Å². The number of aliphatic hydroxyl groups is 1. The molecule has 4 heterocycles. The van der Waals surface area contributed by atoms with Crippen LogP contribution in [0, 0.1) is 23.5 Å². The Kier molecular flexibility index (Phi) is 22.1. The maximum absolute atomic E-state index is 16.0. The number of primary amides is 1. The fourth-order valence-corrected chi connectivity index (χ4v) is 10.6. The molecule has 2 aromatic carbocycles. The van der Waals surface area contributed by atoms with Gasteiger partial charge in [0.25, 0.3) is 11.8 Å². The van der Waals surface area contributed by atoms with Gasteiger partial charge in [0.05, 0.1) is 30.3 Å². The first-order valence-electron chi connectivity index (χ1n) is 26.8. The Bertz CT molecular complexity index is 2830. The van der Waals surface area contributed by atoms with Gasteiger partial charge >= 0.3 is 18.2 Å². The number of benzene rings is 2. The van der Waals surface area contributed by atoms with Crippen molar-refractivity contribution in [2.75, 3.05) is 63.0 Å². The van der Waals surface area contributed by atoms with Crippen LogP contribution in [0.5, 0.6) is 5.75 Å². The number of methoxy groups -OCH3 is 2. The first-order chi connectivity index (χ1) is 38.8. The number of thiocarbonyl (C=S) groups is 1. The van der Waals surface area contributed by atoms with Crippen molar-refractivity contribution >= 4 is 87.8 Å². The Morgan fingerprint density at radius 3 is 2.29 bits per heavy atom. The van der Waals surface area contributed by atoms with Crippen LogP contribution in [0.2, 0.25) is 5.02 Å². The first kappa shape index (κ1) is 64.0. The van der Waals surface area contributed by atoms with Crippen molar-refractivity contribution in [3.63, 3.8) is 0 Å². The van der Waals surface area contributed by atoms with Gasteiger partial charge in [-0.1, -0.05) is 56.2 Å². The second-order valence-electron chi connectivity index (χ2n) is 21.2. The molecule has 4 aliphatic heterocycles. The molecule has 448 valence electrons. The minimum Gasteiger partial charge on any atom is -0.495 e. The standard InChI is InChI=1S/C55H73ClF2N10O13S/c1-29(2)46(65-51(82)61-19-9-10-21-68-43(69)16-17-44(68)70)49(72)62-35(14-12-20-60-50(59)73)48(71)63-36-26-34(58)37(27-33(36)57)64-52(74)80-41-18-22-67(6)38-24-32(25-39(77-7)45(38)56)23-30(3)13-11-15-42(78-8)55(76)28-40(79-53(75)66-55)31(4)47-54(41,5)81-47/h11,13,15-17,24-27,29,31,35,40-42,46-47,76H,9-10,12,14,18-23,28H2,1-8H3,(H,62,72)(H,63,71)(H,64,74)(H,66,75)(H3,59,60,73)(H2,61,65,82)/b15-11+,30-13+/t31-,35+,40+,41+,42-,46+,47+,54+,55+/m1/s1. The number of rotatable bonds is 19. The summed E-state index contributed by atoms with van der Waals surface area (Å²) in [5, 5.41) is 30.3. The average molecular weight is 1190 g/mol. The van der Waals surface area contributed by atoms with Crippen LogP contribution in [-0.4, -0.2) is 152 Å². The number of nitrogens with one attached hydrogen (secondary N) is 7. The van der Waals surface area contributed by atoms with Gasteiger partial charge in [0, 0.05) is 83.4 Å². The minimum atomic E-state index is -1.90. The van der Waals surface area contributed by atoms with E-state index in [1.165, 1.54) is 26.4 Å². The average Bonchev–Trinajstić information content (AvgIpc) is 3.64. The van der Waals surface area contributed by atoms with E-state index in [2.05, 4.69) is 37.2 Å². The maximum Gasteiger partial charge on any atom is 0.412 e. The topological polar surface area (TPSA) is 306 Å². The molecule has 27 heteroatoms. The molecule has 0 saturated carbocycles. The molecule has 0 spiro atoms. The number of epoxide rings is 1. The maximum atomic E-state index is 16.0. The number of nitrogens with two attached hydrogens (primary N) is 1. The number of ether oxygens (including phenoxy) is 5. The van der Waals surface area contributed by atoms with Crippen molar-refractivity contribution < 1.29 is 71.1 Å². The Balaban J connectivity index is 1.17. The van der Waals surface area contributed by atoms with Gasteiger partial charge in [-0.2, -0.15) is 0 Å². The van der Waals surface area contributed by atoms with Gasteiger partial charge in [0.2, 0.25) is 11.8 Å². The van der Waals surface area contributed by atoms with Crippen LogP contribution in [0.15, 0.2) is 60.2 Å². The van der Waals surface area contributed by atoms with Crippen molar-refractivity contribution in [3.8, 4) is 5.75 Å². The molecule has 6 rings (SSSR count). The molecule has 0 aromatic heterocycles. The van der Waals surface area contributed by atoms with E-state index < -0.39 is 113 Å². The number of imide groups is 1. The summed E-state index contributed by atoms with van der Waals surface area (Å²) < 4.78 is 61.4. The molecule has 10 N–H and O–H groups in total. The third-order valence-corrected chi connectivity index (χ3v) is 15.3. The highest BCUT2D eigenvalue weighted by molar-refractivity contribution is 7.80. The predicted molar refractivity (Wildman–Crippen MR) is 304 cm³/mol. The van der Waals surface area contributed by atoms with Crippen LogP contribution >= 0.6 is 23.8 Å². The molecular weight excluding hydrogens is 1110 g/mol. The van der Waals surface area contributed by atoms with E-state index in [-0.39, 0.29) is 62.2 Å². The van der Waals surface area contributed by atoms with Crippen LogP contribution in [-0.2, 0) is 44.5 Å². The number of alkyl carbamates (subject to hydrolysis) is 1. The number of halogens is 3. The highest BCUT2D eigenvalue weighted by atomic mass is 35.5. The van der Waals surface area contributed by atoms with Gasteiger partial charge in [-0.05, 0) is 81.8 Å². The summed E-state index contributed by atoms with van der Waals surface area (Å²) in [6.07, 6.45) is 3.23. The van der Waals surface area contributed by atoms with E-state index in [1.54, 1.807) is 46.9 Å². The molecule has 8 amide bonds. The number of amides is 8. The summed E-state index contributed by atoms with van der Waals surface area (Å²) in [6, 6.07) is 1.80. The zero-order valence-corrected chi connectivity index (χ0v) is 48.5. The number of fused-ring (bicyclic) bond motifs is 5. The van der Waals surface area contributed by atoms with E-state index in [1.807, 2.05) is 30.0 Å². The summed E-state index contributed by atoms with van der Waals surface area (Å²) in [6.45, 7) is 9.60. The van der Waals surface area contributed by atoms with Gasteiger partial charge in [-0.15, -0.1) is 0 Å². The summed E-state index contributed by atoms with van der Waals surface area (Å²) in [4.78, 5) is 92.6. The summed E-state index contributed by atoms with van der Waals surface area (Å²) >= 11 is 12.3. The highest BCUT2D eigenvalue weighted by Crippen LogP contribution is 2.49. The van der Waals surface area contributed by atoms with Crippen molar-refractivity contribution in [1.29, 1.82) is 0 Å². The van der Waals surface area contributed by atoms with E-state index >= 15 is 8.78 Å². The molecule has 23 nitrogen and oxygen atoms in total. The van der Waals surface area contributed by atoms with Crippen molar-refractivity contribution in [2.45, 2.75) is 127 Å². The van der Waals surface area contributed by atoms with Crippen LogP contribution in [0.25, 0.3) is 0 Å². The summed E-state index contributed by atoms with van der Waals surface area (Å²) in [5.41, 5.74) is 3.12. The van der Waals surface area contributed by atoms with E-state index in [0.29, 0.717) is 54.4 Å². The Labute approximate surface area is 484 Å². The monoisotopic (exact) mass is 1190 g/mol. The quantitative estimate of drug-likeness (QED) is 0.0378. The molecule has 4 aliphatic rings. The highest BCUT2D eigenvalue weighted by Gasteiger charge is 2.64. The lowest BCUT2D eigenvalue weighted by molar-refractivity contribution is -0.142. The molecule has 0 unspecified atom stereocenters. The molecule has 2 saturated heterocycles. The SMILES string of the molecule is COc1cc2cc(c1Cl)N(C)CC[C@H](OC(=O)Nc1cc(F)c(NC(=O)[C@H](CCCNC(N)=O)NC(=O)[C@@H](NC(=S)NCCCCN3C(=O)C=CC3=O)C(C)C)cc1F)[C@]1(C)O[C@H]1[C@H](C)[C@@H]1C[C@@](O)(NC(=O)O1)[C@H](OC)/C=C/C=C(\C)C2. The number of hydrogen-bond acceptors (Lipinski definition) is 15. The van der Waals surface area contributed by atoms with Gasteiger partial charge in [0.15, 0.2) is 10.8 Å². The third kappa shape index (κ3) is 16.5. The van der Waals surface area contributed by atoms with Gasteiger partial charge in [0.1, 0.15) is 58.4 Å². The minimum absolute atomic E-state index is 0.00781. The molecule has 2 aromatic rings. The van der Waals surface area contributed by atoms with Gasteiger partial charge < -0.3 is 66.0 Å². The largest absolute Gasteiger partial charge is 0.495 e. The van der Waals surface area contributed by atoms with E-state index in [9.17, 15) is 38.7 Å². The summed E-state index contributed by atoms with van der Waals surface area (Å²) in [5.74, 6) is -5.34. The smallest absolute Gasteiger partial charge is 0.412 e. The van der Waals surface area contributed by atoms with Crippen LogP contribution in [0.1, 0.15) is 78.7 Å². The Morgan fingerprint density at radius 2 is 1.65 bits per heavy atom. The predicted octanol–water partition coefficient (Wildman–Crippen LogP) is 5.19. The normalized spacial score (nSPS) is 25.3. The first-order valence-corrected chi connectivity index (χ1v) is 27.6. The molecule has 9 atom stereocenters. The molecular formula is C55H73ClF2N10O13S. The van der Waals surface area contributed by atoms with E-state index in [0.717, 1.165) is 16.0 Å². The number of carbonyl (C=O) groups excluding carboxylic acids is 7. The van der Waals surface area contributed by atoms with Crippen molar-refractivity contribution in [3.05, 3.63) is 82.4 Å². The number of unbranched alkanes of at least 4 members (excludes halogenated alkanes) is 1. The van der Waals surface area contributed by atoms with Crippen molar-refractivity contribution in [1.82, 2.24) is 31.5 Å². The Morgan fingerprint density at radius 1 is 0.976 bits per heavy atom. The third-order valence-electron chi connectivity index (χ3n) is 14.6. The summed E-state index contributed by atoms with van der Waals surface area (Å²) in [7, 11) is 4.68. The van der Waals surface area contributed by atoms with Crippen LogP contribution in [0.4, 0.5) is 40.2 Å². The van der Waals surface area contributed by atoms with Crippen molar-refractivity contribution in [2.24, 2.45) is 17.6 Å². The van der Waals surface area contributed by atoms with E-state index in [4.69, 9.17) is 53.2 Å². The van der Waals surface area contributed by atoms with Gasteiger partial charge in [-0.25, -0.2) is 23.2 Å². The number of nitrogens with zero attached hydrogens (tertiary/aromatic N) is 2. The fraction of sp³-hybridized carbons (Fsp3) is 0.527. The second kappa shape index (κ2) is 28.2. The lowest BCUT2D eigenvalue weighted by atomic mass is 9.83. The molecule has 0 aliphatic carbocycles. The van der Waals surface area contributed by atoms with Crippen LogP contribution < -0.4 is 52.6 Å². The number of carbonyl (C=O) groups is 7. The number of anilines is 3. The lowest BCUT2D eigenvalue weighted by Crippen LogP contribution is -2.63. The number of allylic oxidation sites excluding steroid dienone is 3. The number of urea groups is 1. The Hall–Kier alpha value is -7.13. The number of hydrogen-bond donors (Lipinski definition) is 9. The second-order valence-corrected chi connectivity index (χ2v) is 21.9.